The van der Waals surface area contributed by atoms with Gasteiger partial charge in [-0.05, 0) is 28.1 Å². The largest absolute Gasteiger partial charge is 0.368 e. The predicted octanol–water partition coefficient (Wildman–Crippen LogP) is 1.66. The first-order chi connectivity index (χ1) is 8.58. The van der Waals surface area contributed by atoms with Crippen LogP contribution in [0.15, 0.2) is 34.9 Å². The Balaban J connectivity index is 2.42. The van der Waals surface area contributed by atoms with Crippen molar-refractivity contribution in [1.82, 2.24) is 9.97 Å². The zero-order valence-electron chi connectivity index (χ0n) is 9.22. The molecular formula is C11H10BrN5O. The average Bonchev–Trinajstić information content (AvgIpc) is 2.32. The highest BCUT2D eigenvalue weighted by atomic mass is 79.9. The van der Waals surface area contributed by atoms with Crippen LogP contribution in [0.4, 0.5) is 17.5 Å². The standard InChI is InChI=1S/C11H10BrN5O/c12-7-3-1-2-4-8(7)16-10-6(9(13)18)5-15-11(14)17-10/h1-5H,(H2,13,18)(H3,14,15,16,17). The number of rotatable bonds is 3. The van der Waals surface area contributed by atoms with Crippen LogP contribution in [0.2, 0.25) is 0 Å². The summed E-state index contributed by atoms with van der Waals surface area (Å²) in [5.74, 6) is -0.277. The number of primary amides is 1. The van der Waals surface area contributed by atoms with Gasteiger partial charge in [0.25, 0.3) is 5.91 Å². The number of hydrogen-bond donors (Lipinski definition) is 3. The second kappa shape index (κ2) is 5.01. The summed E-state index contributed by atoms with van der Waals surface area (Å²) < 4.78 is 0.831. The molecule has 2 aromatic rings. The smallest absolute Gasteiger partial charge is 0.254 e. The Morgan fingerprint density at radius 1 is 1.33 bits per heavy atom. The highest BCUT2D eigenvalue weighted by Gasteiger charge is 2.12. The molecule has 0 saturated heterocycles. The lowest BCUT2D eigenvalue weighted by Crippen LogP contribution is -2.15. The number of nitrogen functional groups attached to an aromatic ring is 1. The van der Waals surface area contributed by atoms with Gasteiger partial charge in [-0.2, -0.15) is 4.98 Å². The van der Waals surface area contributed by atoms with Gasteiger partial charge in [0.2, 0.25) is 5.95 Å². The fraction of sp³-hybridized carbons (Fsp3) is 0. The number of halogens is 1. The number of benzene rings is 1. The van der Waals surface area contributed by atoms with Gasteiger partial charge in [-0.3, -0.25) is 4.79 Å². The molecule has 0 saturated carbocycles. The highest BCUT2D eigenvalue weighted by molar-refractivity contribution is 9.10. The number of nitrogens with two attached hydrogens (primary N) is 2. The van der Waals surface area contributed by atoms with Gasteiger partial charge < -0.3 is 16.8 Å². The molecule has 0 unspecified atom stereocenters. The molecule has 1 aromatic heterocycles. The first kappa shape index (κ1) is 12.3. The van der Waals surface area contributed by atoms with Gasteiger partial charge in [0.1, 0.15) is 11.4 Å². The van der Waals surface area contributed by atoms with E-state index in [0.29, 0.717) is 0 Å². The molecule has 1 heterocycles. The van der Waals surface area contributed by atoms with Gasteiger partial charge in [0.15, 0.2) is 0 Å². The number of hydrogen-bond acceptors (Lipinski definition) is 5. The normalized spacial score (nSPS) is 10.1. The van der Waals surface area contributed by atoms with E-state index in [-0.39, 0.29) is 17.3 Å². The number of para-hydroxylation sites is 1. The van der Waals surface area contributed by atoms with Crippen LogP contribution in [-0.4, -0.2) is 15.9 Å². The summed E-state index contributed by atoms with van der Waals surface area (Å²) in [4.78, 5) is 19.0. The van der Waals surface area contributed by atoms with Crippen molar-refractivity contribution in [2.75, 3.05) is 11.1 Å². The third kappa shape index (κ3) is 2.57. The second-order valence-corrected chi connectivity index (χ2v) is 4.31. The number of nitrogens with one attached hydrogen (secondary N) is 1. The Labute approximate surface area is 112 Å². The molecule has 18 heavy (non-hydrogen) atoms. The first-order valence-corrected chi connectivity index (χ1v) is 5.81. The van der Waals surface area contributed by atoms with Crippen molar-refractivity contribution in [1.29, 1.82) is 0 Å². The number of nitrogens with zero attached hydrogens (tertiary/aromatic N) is 2. The molecular weight excluding hydrogens is 298 g/mol. The zero-order chi connectivity index (χ0) is 13.1. The van der Waals surface area contributed by atoms with Gasteiger partial charge in [-0.1, -0.05) is 12.1 Å². The zero-order valence-corrected chi connectivity index (χ0v) is 10.8. The predicted molar refractivity (Wildman–Crippen MR) is 72.4 cm³/mol. The highest BCUT2D eigenvalue weighted by Crippen LogP contribution is 2.26. The molecule has 5 N–H and O–H groups in total. The molecule has 92 valence electrons. The SMILES string of the molecule is NC(=O)c1cnc(N)nc1Nc1ccccc1Br. The number of aromatic nitrogens is 2. The van der Waals surface area contributed by atoms with Crippen LogP contribution < -0.4 is 16.8 Å². The van der Waals surface area contributed by atoms with E-state index in [2.05, 4.69) is 31.2 Å². The van der Waals surface area contributed by atoms with Gasteiger partial charge >= 0.3 is 0 Å². The third-order valence-corrected chi connectivity index (χ3v) is 2.89. The molecule has 0 fully saturated rings. The maximum atomic E-state index is 11.3. The van der Waals surface area contributed by atoms with Gasteiger partial charge in [-0.15, -0.1) is 0 Å². The summed E-state index contributed by atoms with van der Waals surface area (Å²) in [6.07, 6.45) is 1.30. The molecule has 0 aliphatic heterocycles. The lowest BCUT2D eigenvalue weighted by atomic mass is 10.2. The molecule has 2 rings (SSSR count). The molecule has 0 radical (unpaired) electrons. The van der Waals surface area contributed by atoms with Crippen molar-refractivity contribution in [3.63, 3.8) is 0 Å². The fourth-order valence-corrected chi connectivity index (χ4v) is 1.75. The molecule has 0 aliphatic rings. The molecule has 0 atom stereocenters. The second-order valence-electron chi connectivity index (χ2n) is 3.46. The number of amides is 1. The Kier molecular flexibility index (Phi) is 3.42. The summed E-state index contributed by atoms with van der Waals surface area (Å²) in [5.41, 5.74) is 11.7. The van der Waals surface area contributed by atoms with E-state index in [1.54, 1.807) is 0 Å². The minimum Gasteiger partial charge on any atom is -0.368 e. The topological polar surface area (TPSA) is 107 Å². The van der Waals surface area contributed by atoms with E-state index in [4.69, 9.17) is 11.5 Å². The van der Waals surface area contributed by atoms with Crippen LogP contribution in [0.1, 0.15) is 10.4 Å². The minimum absolute atomic E-state index is 0.0644. The summed E-state index contributed by atoms with van der Waals surface area (Å²) in [6.45, 7) is 0. The van der Waals surface area contributed by atoms with E-state index in [0.717, 1.165) is 10.2 Å². The van der Waals surface area contributed by atoms with Crippen molar-refractivity contribution in [2.24, 2.45) is 5.73 Å². The fourth-order valence-electron chi connectivity index (χ4n) is 1.36. The third-order valence-electron chi connectivity index (χ3n) is 2.20. The minimum atomic E-state index is -0.621. The molecule has 0 spiro atoms. The number of carbonyl (C=O) groups excluding carboxylic acids is 1. The first-order valence-electron chi connectivity index (χ1n) is 5.02. The molecule has 0 bridgehead atoms. The van der Waals surface area contributed by atoms with E-state index in [1.165, 1.54) is 6.20 Å². The van der Waals surface area contributed by atoms with E-state index in [9.17, 15) is 4.79 Å². The van der Waals surface area contributed by atoms with Crippen molar-refractivity contribution in [2.45, 2.75) is 0 Å². The quantitative estimate of drug-likeness (QED) is 0.799. The number of carbonyl (C=O) groups is 1. The summed E-state index contributed by atoms with van der Waals surface area (Å²) >= 11 is 3.38. The Hall–Kier alpha value is -2.15. The molecule has 0 aliphatic carbocycles. The van der Waals surface area contributed by atoms with E-state index >= 15 is 0 Å². The van der Waals surface area contributed by atoms with Crippen LogP contribution in [0.25, 0.3) is 0 Å². The van der Waals surface area contributed by atoms with Gasteiger partial charge in [-0.25, -0.2) is 4.98 Å². The monoisotopic (exact) mass is 307 g/mol. The summed E-state index contributed by atoms with van der Waals surface area (Å²) in [7, 11) is 0. The maximum Gasteiger partial charge on any atom is 0.254 e. The molecule has 1 amide bonds. The van der Waals surface area contributed by atoms with E-state index in [1.807, 2.05) is 24.3 Å². The summed E-state index contributed by atoms with van der Waals surface area (Å²) in [5, 5.41) is 2.98. The number of anilines is 3. The van der Waals surface area contributed by atoms with Crippen LogP contribution in [0, 0.1) is 0 Å². The van der Waals surface area contributed by atoms with Crippen molar-refractivity contribution in [3.05, 3.63) is 40.5 Å². The molecule has 1 aromatic carbocycles. The van der Waals surface area contributed by atoms with E-state index < -0.39 is 5.91 Å². The van der Waals surface area contributed by atoms with Crippen LogP contribution in [0.3, 0.4) is 0 Å². The van der Waals surface area contributed by atoms with Crippen molar-refractivity contribution in [3.8, 4) is 0 Å². The lowest BCUT2D eigenvalue weighted by Gasteiger charge is -2.10. The average molecular weight is 308 g/mol. The Morgan fingerprint density at radius 2 is 2.06 bits per heavy atom. The van der Waals surface area contributed by atoms with Gasteiger partial charge in [0, 0.05) is 10.7 Å². The van der Waals surface area contributed by atoms with Crippen molar-refractivity contribution >= 4 is 39.3 Å². The molecule has 7 heteroatoms. The Morgan fingerprint density at radius 3 is 2.72 bits per heavy atom. The van der Waals surface area contributed by atoms with Crippen LogP contribution >= 0.6 is 15.9 Å². The van der Waals surface area contributed by atoms with Crippen LogP contribution in [0.5, 0.6) is 0 Å². The van der Waals surface area contributed by atoms with Gasteiger partial charge in [0.05, 0.1) is 5.69 Å². The maximum absolute atomic E-state index is 11.3. The van der Waals surface area contributed by atoms with Crippen molar-refractivity contribution < 1.29 is 4.79 Å². The molecule has 6 nitrogen and oxygen atoms in total. The Bertz CT molecular complexity index is 602. The lowest BCUT2D eigenvalue weighted by molar-refractivity contribution is 0.100. The van der Waals surface area contributed by atoms with Crippen LogP contribution in [-0.2, 0) is 0 Å². The summed E-state index contributed by atoms with van der Waals surface area (Å²) in [6, 6.07) is 7.41.